The number of hydrogen-bond donors (Lipinski definition) is 0. The summed E-state index contributed by atoms with van der Waals surface area (Å²) in [6.07, 6.45) is 6.47. The van der Waals surface area contributed by atoms with Crippen LogP contribution >= 0.6 is 0 Å². The first-order chi connectivity index (χ1) is 13.7. The lowest BCUT2D eigenvalue weighted by atomic mass is 9.78. The highest BCUT2D eigenvalue weighted by Crippen LogP contribution is 2.40. The molecule has 0 aromatic rings. The van der Waals surface area contributed by atoms with Gasteiger partial charge in [-0.25, -0.2) is 14.4 Å². The van der Waals surface area contributed by atoms with Crippen molar-refractivity contribution in [3.8, 4) is 0 Å². The van der Waals surface area contributed by atoms with E-state index in [9.17, 15) is 14.4 Å². The van der Waals surface area contributed by atoms with Gasteiger partial charge in [-0.2, -0.15) is 0 Å². The van der Waals surface area contributed by atoms with Gasteiger partial charge in [0.15, 0.2) is 11.9 Å². The molecule has 0 spiro atoms. The second kappa shape index (κ2) is 8.38. The molecule has 9 nitrogen and oxygen atoms in total. The zero-order chi connectivity index (χ0) is 21.1. The number of carbonyl (C=O) groups is 3. The van der Waals surface area contributed by atoms with Gasteiger partial charge in [0, 0.05) is 18.6 Å². The SMILES string of the molecule is COC(=O)/C=C/C=C/C1([C@H]2C[C@@H](C3C=CC(=O)O3)OC(=O)O2)COC(C)(C)OC1. The molecule has 1 unspecified atom stereocenters. The third-order valence-electron chi connectivity index (χ3n) is 4.96. The lowest BCUT2D eigenvalue weighted by Gasteiger charge is -2.47. The van der Waals surface area contributed by atoms with Crippen molar-refractivity contribution < 1.29 is 42.8 Å². The third kappa shape index (κ3) is 5.04. The summed E-state index contributed by atoms with van der Waals surface area (Å²) in [6, 6.07) is 0. The smallest absolute Gasteiger partial charge is 0.466 e. The Morgan fingerprint density at radius 3 is 2.48 bits per heavy atom. The molecule has 0 aliphatic carbocycles. The standard InChI is InChI=1S/C20H24O9/c1-19(2)25-11-20(12-26-19,9-5-4-6-16(21)24-3)15-10-14(28-18(23)29-15)13-7-8-17(22)27-13/h4-9,13-15H,10-12H2,1-3H3/b6-4+,9-5+/t13?,14-,15+/m0/s1. The minimum Gasteiger partial charge on any atom is -0.466 e. The van der Waals surface area contributed by atoms with Crippen LogP contribution in [-0.2, 0) is 38.0 Å². The second-order valence-corrected chi connectivity index (χ2v) is 7.46. The minimum atomic E-state index is -0.856. The zero-order valence-corrected chi connectivity index (χ0v) is 16.5. The maximum absolute atomic E-state index is 12.1. The number of ether oxygens (including phenoxy) is 6. The van der Waals surface area contributed by atoms with Crippen LogP contribution in [0.2, 0.25) is 0 Å². The molecule has 3 atom stereocenters. The van der Waals surface area contributed by atoms with Gasteiger partial charge in [0.1, 0.15) is 12.2 Å². The highest BCUT2D eigenvalue weighted by Gasteiger charge is 2.50. The van der Waals surface area contributed by atoms with Crippen molar-refractivity contribution in [3.05, 3.63) is 36.5 Å². The van der Waals surface area contributed by atoms with E-state index in [1.165, 1.54) is 25.3 Å². The monoisotopic (exact) mass is 408 g/mol. The van der Waals surface area contributed by atoms with Gasteiger partial charge in [-0.05, 0) is 19.9 Å². The van der Waals surface area contributed by atoms with Gasteiger partial charge in [-0.1, -0.05) is 18.2 Å². The Morgan fingerprint density at radius 2 is 1.86 bits per heavy atom. The molecule has 3 aliphatic rings. The summed E-state index contributed by atoms with van der Waals surface area (Å²) in [7, 11) is 1.29. The van der Waals surface area contributed by atoms with Crippen molar-refractivity contribution in [1.29, 1.82) is 0 Å². The average molecular weight is 408 g/mol. The molecule has 2 saturated heterocycles. The Hall–Kier alpha value is -2.65. The Balaban J connectivity index is 1.80. The lowest BCUT2D eigenvalue weighted by Crippen LogP contribution is -2.56. The van der Waals surface area contributed by atoms with Crippen molar-refractivity contribution in [3.63, 3.8) is 0 Å². The van der Waals surface area contributed by atoms with E-state index in [1.807, 2.05) is 0 Å². The van der Waals surface area contributed by atoms with Crippen molar-refractivity contribution in [1.82, 2.24) is 0 Å². The fourth-order valence-corrected chi connectivity index (χ4v) is 3.25. The molecule has 3 aliphatic heterocycles. The quantitative estimate of drug-likeness (QED) is 0.291. The lowest BCUT2D eigenvalue weighted by molar-refractivity contribution is -0.293. The van der Waals surface area contributed by atoms with E-state index in [2.05, 4.69) is 4.74 Å². The molecule has 158 valence electrons. The van der Waals surface area contributed by atoms with Crippen LogP contribution < -0.4 is 0 Å². The second-order valence-electron chi connectivity index (χ2n) is 7.46. The Labute approximate surface area is 168 Å². The summed E-state index contributed by atoms with van der Waals surface area (Å²) in [5, 5.41) is 0. The van der Waals surface area contributed by atoms with E-state index < -0.39 is 47.6 Å². The highest BCUT2D eigenvalue weighted by molar-refractivity contribution is 5.84. The third-order valence-corrected chi connectivity index (χ3v) is 4.96. The molecule has 0 radical (unpaired) electrons. The summed E-state index contributed by atoms with van der Waals surface area (Å²) in [5.74, 6) is -1.76. The summed E-state index contributed by atoms with van der Waals surface area (Å²) in [6.45, 7) is 4.01. The predicted molar refractivity (Wildman–Crippen MR) is 97.5 cm³/mol. The molecule has 9 heteroatoms. The summed E-state index contributed by atoms with van der Waals surface area (Å²) in [5.41, 5.74) is -0.819. The van der Waals surface area contributed by atoms with Crippen molar-refractivity contribution in [2.24, 2.45) is 5.41 Å². The van der Waals surface area contributed by atoms with Crippen LogP contribution in [0.25, 0.3) is 0 Å². The van der Waals surface area contributed by atoms with Gasteiger partial charge >= 0.3 is 18.1 Å². The van der Waals surface area contributed by atoms with Crippen molar-refractivity contribution >= 4 is 18.1 Å². The van der Waals surface area contributed by atoms with Crippen LogP contribution in [0, 0.1) is 5.41 Å². The summed E-state index contributed by atoms with van der Waals surface area (Å²) >= 11 is 0. The number of hydrogen-bond acceptors (Lipinski definition) is 9. The molecule has 0 aromatic carbocycles. The highest BCUT2D eigenvalue weighted by atomic mass is 16.8. The van der Waals surface area contributed by atoms with Gasteiger partial charge in [-0.15, -0.1) is 0 Å². The molecular weight excluding hydrogens is 384 g/mol. The number of allylic oxidation sites excluding steroid dienone is 2. The van der Waals surface area contributed by atoms with E-state index in [-0.39, 0.29) is 19.6 Å². The van der Waals surface area contributed by atoms with Crippen LogP contribution in [0.1, 0.15) is 20.3 Å². The first-order valence-corrected chi connectivity index (χ1v) is 9.21. The van der Waals surface area contributed by atoms with E-state index in [0.717, 1.165) is 0 Å². The van der Waals surface area contributed by atoms with Crippen LogP contribution in [0.5, 0.6) is 0 Å². The Kier molecular flexibility index (Phi) is 6.09. The first kappa shape index (κ1) is 21.1. The molecule has 3 rings (SSSR count). The van der Waals surface area contributed by atoms with E-state index in [4.69, 9.17) is 23.7 Å². The molecule has 2 fully saturated rings. The Morgan fingerprint density at radius 1 is 1.14 bits per heavy atom. The molecule has 0 saturated carbocycles. The number of cyclic esters (lactones) is 3. The molecule has 0 aromatic heterocycles. The van der Waals surface area contributed by atoms with Crippen molar-refractivity contribution in [2.75, 3.05) is 20.3 Å². The fraction of sp³-hybridized carbons (Fsp3) is 0.550. The van der Waals surface area contributed by atoms with Gasteiger partial charge in [0.05, 0.1) is 25.7 Å². The van der Waals surface area contributed by atoms with Gasteiger partial charge in [-0.3, -0.25) is 0 Å². The molecule has 3 heterocycles. The molecule has 0 N–H and O–H groups in total. The van der Waals surface area contributed by atoms with Crippen LogP contribution in [0.4, 0.5) is 4.79 Å². The molecule has 0 bridgehead atoms. The van der Waals surface area contributed by atoms with E-state index >= 15 is 0 Å². The maximum atomic E-state index is 12.1. The molecular formula is C20H24O9. The first-order valence-electron chi connectivity index (χ1n) is 9.21. The number of esters is 2. The van der Waals surface area contributed by atoms with Crippen LogP contribution in [0.3, 0.4) is 0 Å². The number of rotatable bonds is 5. The topological polar surface area (TPSA) is 107 Å². The van der Waals surface area contributed by atoms with E-state index in [0.29, 0.717) is 0 Å². The predicted octanol–water partition coefficient (Wildman–Crippen LogP) is 1.82. The number of carbonyl (C=O) groups excluding carboxylic acids is 3. The fourth-order valence-electron chi connectivity index (χ4n) is 3.25. The summed E-state index contributed by atoms with van der Waals surface area (Å²) < 4.78 is 32.1. The number of methoxy groups -OCH3 is 1. The largest absolute Gasteiger partial charge is 0.509 e. The normalized spacial score (nSPS) is 30.8. The minimum absolute atomic E-state index is 0.216. The summed E-state index contributed by atoms with van der Waals surface area (Å²) in [4.78, 5) is 34.7. The average Bonchev–Trinajstić information content (AvgIpc) is 3.12. The molecule has 29 heavy (non-hydrogen) atoms. The van der Waals surface area contributed by atoms with Crippen molar-refractivity contribution in [2.45, 2.75) is 44.4 Å². The maximum Gasteiger partial charge on any atom is 0.509 e. The van der Waals surface area contributed by atoms with Gasteiger partial charge < -0.3 is 28.4 Å². The van der Waals surface area contributed by atoms with Gasteiger partial charge in [0.25, 0.3) is 0 Å². The Bertz CT molecular complexity index is 739. The van der Waals surface area contributed by atoms with Gasteiger partial charge in [0.2, 0.25) is 0 Å². The van der Waals surface area contributed by atoms with E-state index in [1.54, 1.807) is 32.1 Å². The molecule has 0 amide bonds. The van der Waals surface area contributed by atoms with Crippen LogP contribution in [0.15, 0.2) is 36.5 Å². The zero-order valence-electron chi connectivity index (χ0n) is 16.5. The van der Waals surface area contributed by atoms with Crippen LogP contribution in [-0.4, -0.2) is 62.5 Å².